The van der Waals surface area contributed by atoms with Crippen molar-refractivity contribution in [2.45, 2.75) is 32.3 Å². The molecular weight excluding hydrogens is 170 g/mol. The van der Waals surface area contributed by atoms with Gasteiger partial charge in [0.1, 0.15) is 6.10 Å². The van der Waals surface area contributed by atoms with Crippen molar-refractivity contribution in [3.8, 4) is 0 Å². The van der Waals surface area contributed by atoms with E-state index in [1.807, 2.05) is 5.38 Å². The largest absolute Gasteiger partial charge is 0.386 e. The average molecular weight is 183 g/mol. The Labute approximate surface area is 76.3 Å². The third-order valence-corrected chi connectivity index (χ3v) is 3.51. The first kappa shape index (κ1) is 8.20. The first-order valence-electron chi connectivity index (χ1n) is 4.35. The van der Waals surface area contributed by atoms with Gasteiger partial charge in [-0.3, -0.25) is 0 Å². The van der Waals surface area contributed by atoms with Gasteiger partial charge < -0.3 is 5.11 Å². The predicted molar refractivity (Wildman–Crippen MR) is 49.0 cm³/mol. The highest BCUT2D eigenvalue weighted by atomic mass is 32.1. The molecule has 0 saturated heterocycles. The van der Waals surface area contributed by atoms with E-state index in [0.29, 0.717) is 0 Å². The zero-order chi connectivity index (χ0) is 8.60. The molecule has 2 rings (SSSR count). The molecule has 0 aromatic carbocycles. The lowest BCUT2D eigenvalue weighted by Crippen LogP contribution is -2.12. The van der Waals surface area contributed by atoms with Gasteiger partial charge >= 0.3 is 0 Å². The molecule has 0 amide bonds. The number of hydrogen-bond donors (Lipinski definition) is 1. The van der Waals surface area contributed by atoms with Crippen LogP contribution in [-0.4, -0.2) is 10.1 Å². The van der Waals surface area contributed by atoms with E-state index in [1.54, 1.807) is 16.8 Å². The second-order valence-electron chi connectivity index (χ2n) is 3.53. The molecule has 0 spiro atoms. The lowest BCUT2D eigenvalue weighted by atomic mass is 9.94. The van der Waals surface area contributed by atoms with E-state index in [0.717, 1.165) is 25.0 Å². The normalized spacial score (nSPS) is 22.2. The Morgan fingerprint density at radius 1 is 1.75 bits per heavy atom. The molecular formula is C9H13NOS. The third kappa shape index (κ3) is 1.17. The molecule has 0 bridgehead atoms. The topological polar surface area (TPSA) is 33.1 Å². The fourth-order valence-corrected chi connectivity index (χ4v) is 2.22. The summed E-state index contributed by atoms with van der Waals surface area (Å²) in [6.45, 7) is 2.14. The van der Waals surface area contributed by atoms with Crippen LogP contribution in [0.15, 0.2) is 10.9 Å². The molecule has 66 valence electrons. The van der Waals surface area contributed by atoms with Gasteiger partial charge in [0.05, 0.1) is 11.2 Å². The Kier molecular flexibility index (Phi) is 1.93. The van der Waals surface area contributed by atoms with Crippen LogP contribution >= 0.6 is 11.3 Å². The molecule has 0 aliphatic heterocycles. The van der Waals surface area contributed by atoms with Crippen LogP contribution in [0.2, 0.25) is 0 Å². The molecule has 0 radical (unpaired) electrons. The van der Waals surface area contributed by atoms with Crippen molar-refractivity contribution < 1.29 is 5.11 Å². The van der Waals surface area contributed by atoms with Crippen LogP contribution in [0.4, 0.5) is 0 Å². The standard InChI is InChI=1S/C9H13NOS/c1-2-9(3-4-9)8(11)7-5-12-6-10-7/h5-6,8,11H,2-4H2,1H3. The second-order valence-corrected chi connectivity index (χ2v) is 4.25. The zero-order valence-electron chi connectivity index (χ0n) is 7.16. The van der Waals surface area contributed by atoms with Gasteiger partial charge in [0.2, 0.25) is 0 Å². The molecule has 3 heteroatoms. The number of nitrogens with zero attached hydrogens (tertiary/aromatic N) is 1. The van der Waals surface area contributed by atoms with Crippen molar-refractivity contribution >= 4 is 11.3 Å². The Bertz CT molecular complexity index is 254. The van der Waals surface area contributed by atoms with Crippen LogP contribution in [-0.2, 0) is 0 Å². The van der Waals surface area contributed by atoms with Gasteiger partial charge in [-0.25, -0.2) is 4.98 Å². The average Bonchev–Trinajstić information content (AvgIpc) is 2.71. The number of aromatic nitrogens is 1. The Morgan fingerprint density at radius 3 is 2.92 bits per heavy atom. The molecule has 1 aromatic heterocycles. The van der Waals surface area contributed by atoms with Crippen LogP contribution < -0.4 is 0 Å². The van der Waals surface area contributed by atoms with Crippen molar-refractivity contribution in [3.05, 3.63) is 16.6 Å². The van der Waals surface area contributed by atoms with E-state index in [-0.39, 0.29) is 11.5 Å². The van der Waals surface area contributed by atoms with E-state index in [2.05, 4.69) is 11.9 Å². The first-order valence-corrected chi connectivity index (χ1v) is 5.29. The smallest absolute Gasteiger partial charge is 0.102 e. The van der Waals surface area contributed by atoms with Gasteiger partial charge in [-0.15, -0.1) is 11.3 Å². The van der Waals surface area contributed by atoms with Crippen molar-refractivity contribution in [1.29, 1.82) is 0 Å². The predicted octanol–water partition coefficient (Wildman–Crippen LogP) is 2.37. The molecule has 1 saturated carbocycles. The number of aliphatic hydroxyl groups excluding tert-OH is 1. The summed E-state index contributed by atoms with van der Waals surface area (Å²) in [5, 5.41) is 11.9. The highest BCUT2D eigenvalue weighted by Crippen LogP contribution is 2.57. The minimum absolute atomic E-state index is 0.175. The molecule has 2 nitrogen and oxygen atoms in total. The highest BCUT2D eigenvalue weighted by molar-refractivity contribution is 7.07. The van der Waals surface area contributed by atoms with E-state index < -0.39 is 0 Å². The number of aliphatic hydroxyl groups is 1. The summed E-state index contributed by atoms with van der Waals surface area (Å²) >= 11 is 1.55. The summed E-state index contributed by atoms with van der Waals surface area (Å²) in [4.78, 5) is 4.14. The summed E-state index contributed by atoms with van der Waals surface area (Å²) in [7, 11) is 0. The Balaban J connectivity index is 2.15. The van der Waals surface area contributed by atoms with Gasteiger partial charge in [0, 0.05) is 10.8 Å². The van der Waals surface area contributed by atoms with Gasteiger partial charge in [-0.2, -0.15) is 0 Å². The number of rotatable bonds is 3. The molecule has 1 aliphatic rings. The monoisotopic (exact) mass is 183 g/mol. The molecule has 1 unspecified atom stereocenters. The molecule has 1 aliphatic carbocycles. The Morgan fingerprint density at radius 2 is 2.50 bits per heavy atom. The number of hydrogen-bond acceptors (Lipinski definition) is 3. The maximum atomic E-state index is 9.94. The van der Waals surface area contributed by atoms with E-state index in [9.17, 15) is 5.11 Å². The van der Waals surface area contributed by atoms with E-state index in [4.69, 9.17) is 0 Å². The minimum Gasteiger partial charge on any atom is -0.386 e. The van der Waals surface area contributed by atoms with Gasteiger partial charge in [0.25, 0.3) is 0 Å². The Hall–Kier alpha value is -0.410. The second kappa shape index (κ2) is 2.82. The fourth-order valence-electron chi connectivity index (χ4n) is 1.65. The summed E-state index contributed by atoms with van der Waals surface area (Å²) < 4.78 is 0. The lowest BCUT2D eigenvalue weighted by Gasteiger charge is -2.18. The van der Waals surface area contributed by atoms with Crippen molar-refractivity contribution in [2.24, 2.45) is 5.41 Å². The maximum absolute atomic E-state index is 9.94. The van der Waals surface area contributed by atoms with Crippen LogP contribution in [0, 0.1) is 5.41 Å². The van der Waals surface area contributed by atoms with E-state index in [1.165, 1.54) is 0 Å². The van der Waals surface area contributed by atoms with Crippen molar-refractivity contribution in [2.75, 3.05) is 0 Å². The first-order chi connectivity index (χ1) is 5.78. The number of thiazole rings is 1. The zero-order valence-corrected chi connectivity index (χ0v) is 7.97. The highest BCUT2D eigenvalue weighted by Gasteiger charge is 2.48. The summed E-state index contributed by atoms with van der Waals surface area (Å²) in [6, 6.07) is 0. The maximum Gasteiger partial charge on any atom is 0.102 e. The van der Waals surface area contributed by atoms with Gasteiger partial charge in [-0.05, 0) is 19.3 Å². The fraction of sp³-hybridized carbons (Fsp3) is 0.667. The quantitative estimate of drug-likeness (QED) is 0.780. The van der Waals surface area contributed by atoms with Crippen LogP contribution in [0.5, 0.6) is 0 Å². The molecule has 1 fully saturated rings. The summed E-state index contributed by atoms with van der Waals surface area (Å²) in [5.41, 5.74) is 2.82. The van der Waals surface area contributed by atoms with Crippen LogP contribution in [0.25, 0.3) is 0 Å². The summed E-state index contributed by atoms with van der Waals surface area (Å²) in [6.07, 6.45) is 3.05. The minimum atomic E-state index is -0.325. The third-order valence-electron chi connectivity index (χ3n) is 2.91. The summed E-state index contributed by atoms with van der Waals surface area (Å²) in [5.74, 6) is 0. The lowest BCUT2D eigenvalue weighted by molar-refractivity contribution is 0.0867. The van der Waals surface area contributed by atoms with Crippen molar-refractivity contribution in [3.63, 3.8) is 0 Å². The SMILES string of the molecule is CCC1(C(O)c2cscn2)CC1. The molecule has 12 heavy (non-hydrogen) atoms. The van der Waals surface area contributed by atoms with Gasteiger partial charge in [0.15, 0.2) is 0 Å². The van der Waals surface area contributed by atoms with Crippen LogP contribution in [0.1, 0.15) is 38.0 Å². The molecule has 1 heterocycles. The molecule has 1 atom stereocenters. The molecule has 1 N–H and O–H groups in total. The van der Waals surface area contributed by atoms with Gasteiger partial charge in [-0.1, -0.05) is 6.92 Å². The molecule has 1 aromatic rings. The van der Waals surface area contributed by atoms with Crippen LogP contribution in [0.3, 0.4) is 0 Å². The van der Waals surface area contributed by atoms with Crippen molar-refractivity contribution in [1.82, 2.24) is 4.98 Å². The van der Waals surface area contributed by atoms with E-state index >= 15 is 0 Å².